The number of benzene rings is 2. The number of carbonyl (C=O) groups is 2. The Hall–Kier alpha value is -2.87. The molecule has 2 amide bonds. The van der Waals surface area contributed by atoms with E-state index in [2.05, 4.69) is 5.32 Å². The number of carbonyl (C=O) groups excluding carboxylic acids is 2. The molecule has 1 heterocycles. The van der Waals surface area contributed by atoms with Crippen LogP contribution < -0.4 is 10.1 Å². The molecule has 2 aromatic carbocycles. The van der Waals surface area contributed by atoms with Gasteiger partial charge < -0.3 is 15.0 Å². The van der Waals surface area contributed by atoms with Gasteiger partial charge in [-0.1, -0.05) is 56.3 Å². The maximum absolute atomic E-state index is 12.9. The largest absolute Gasteiger partial charge is 0.483 e. The van der Waals surface area contributed by atoms with Gasteiger partial charge in [0.25, 0.3) is 11.8 Å². The van der Waals surface area contributed by atoms with Gasteiger partial charge in [0.15, 0.2) is 16.4 Å². The summed E-state index contributed by atoms with van der Waals surface area (Å²) in [5.41, 5.74) is 1.32. The Kier molecular flexibility index (Phi) is 7.90. The molecule has 1 fully saturated rings. The van der Waals surface area contributed by atoms with Crippen molar-refractivity contribution in [2.24, 2.45) is 5.92 Å². The maximum Gasteiger partial charge on any atom is 0.260 e. The Morgan fingerprint density at radius 3 is 2.44 bits per heavy atom. The molecule has 32 heavy (non-hydrogen) atoms. The Bertz CT molecular complexity index is 1040. The SMILES string of the molecule is CC(C)CN(C(=O)COc1ccccc1C(=O)NCc1ccccc1)[C@H]1CCS(=O)(=O)C1. The molecule has 0 bridgehead atoms. The van der Waals surface area contributed by atoms with Crippen LogP contribution in [0.4, 0.5) is 0 Å². The first-order valence-electron chi connectivity index (χ1n) is 10.8. The fraction of sp³-hybridized carbons (Fsp3) is 0.417. The van der Waals surface area contributed by atoms with Crippen molar-refractivity contribution in [1.29, 1.82) is 0 Å². The third-order valence-corrected chi connectivity index (χ3v) is 7.06. The number of para-hydroxylation sites is 1. The minimum Gasteiger partial charge on any atom is -0.483 e. The number of sulfone groups is 1. The second-order valence-corrected chi connectivity index (χ2v) is 10.7. The van der Waals surface area contributed by atoms with Gasteiger partial charge in [-0.05, 0) is 30.0 Å². The second kappa shape index (κ2) is 10.6. The molecule has 7 nitrogen and oxygen atoms in total. The van der Waals surface area contributed by atoms with Crippen molar-refractivity contribution in [3.05, 3.63) is 65.7 Å². The van der Waals surface area contributed by atoms with E-state index in [1.165, 1.54) is 0 Å². The van der Waals surface area contributed by atoms with Crippen LogP contribution in [0.1, 0.15) is 36.2 Å². The molecule has 1 atom stereocenters. The normalized spacial score (nSPS) is 17.2. The van der Waals surface area contributed by atoms with Crippen molar-refractivity contribution in [3.8, 4) is 5.75 Å². The summed E-state index contributed by atoms with van der Waals surface area (Å²) in [7, 11) is -3.11. The Balaban J connectivity index is 1.65. The predicted octanol–water partition coefficient (Wildman–Crippen LogP) is 2.67. The quantitative estimate of drug-likeness (QED) is 0.624. The molecular formula is C24H30N2O5S. The first-order valence-corrected chi connectivity index (χ1v) is 12.6. The predicted molar refractivity (Wildman–Crippen MR) is 123 cm³/mol. The molecule has 2 aromatic rings. The number of ether oxygens (including phenoxy) is 1. The fourth-order valence-electron chi connectivity index (χ4n) is 3.75. The number of amides is 2. The van der Waals surface area contributed by atoms with E-state index in [9.17, 15) is 18.0 Å². The number of rotatable bonds is 9. The van der Waals surface area contributed by atoms with Gasteiger partial charge in [0.2, 0.25) is 0 Å². The van der Waals surface area contributed by atoms with Crippen LogP contribution in [0.25, 0.3) is 0 Å². The van der Waals surface area contributed by atoms with E-state index in [4.69, 9.17) is 4.74 Å². The highest BCUT2D eigenvalue weighted by Gasteiger charge is 2.35. The molecule has 1 aliphatic rings. The van der Waals surface area contributed by atoms with Gasteiger partial charge in [-0.15, -0.1) is 0 Å². The van der Waals surface area contributed by atoms with Crippen LogP contribution in [0, 0.1) is 5.92 Å². The highest BCUT2D eigenvalue weighted by Crippen LogP contribution is 2.21. The van der Waals surface area contributed by atoms with E-state index in [1.54, 1.807) is 29.2 Å². The monoisotopic (exact) mass is 458 g/mol. The molecule has 0 saturated carbocycles. The van der Waals surface area contributed by atoms with Crippen LogP contribution in [0.5, 0.6) is 5.75 Å². The zero-order chi connectivity index (χ0) is 23.1. The molecule has 3 rings (SSSR count). The van der Waals surface area contributed by atoms with Crippen molar-refractivity contribution in [3.63, 3.8) is 0 Å². The van der Waals surface area contributed by atoms with Gasteiger partial charge in [-0.3, -0.25) is 9.59 Å². The van der Waals surface area contributed by atoms with Crippen LogP contribution in [-0.2, 0) is 21.2 Å². The third kappa shape index (κ3) is 6.56. The van der Waals surface area contributed by atoms with Crippen molar-refractivity contribution < 1.29 is 22.7 Å². The van der Waals surface area contributed by atoms with Crippen LogP contribution in [0.2, 0.25) is 0 Å². The lowest BCUT2D eigenvalue weighted by Gasteiger charge is -2.30. The van der Waals surface area contributed by atoms with Gasteiger partial charge in [0.1, 0.15) is 5.75 Å². The van der Waals surface area contributed by atoms with E-state index >= 15 is 0 Å². The second-order valence-electron chi connectivity index (χ2n) is 8.45. The molecule has 0 aromatic heterocycles. The van der Waals surface area contributed by atoms with Gasteiger partial charge in [0.05, 0.1) is 17.1 Å². The first kappa shape index (κ1) is 23.8. The van der Waals surface area contributed by atoms with E-state index in [0.717, 1.165) is 5.56 Å². The Morgan fingerprint density at radius 1 is 1.09 bits per heavy atom. The average Bonchev–Trinajstić information content (AvgIpc) is 3.14. The van der Waals surface area contributed by atoms with Crippen LogP contribution >= 0.6 is 0 Å². The topological polar surface area (TPSA) is 92.8 Å². The highest BCUT2D eigenvalue weighted by atomic mass is 32.2. The molecule has 0 radical (unpaired) electrons. The molecule has 172 valence electrons. The molecule has 0 aliphatic carbocycles. The standard InChI is InChI=1S/C24H30N2O5S/c1-18(2)15-26(20-12-13-32(29,30)17-20)23(27)16-31-22-11-7-6-10-21(22)24(28)25-14-19-8-4-3-5-9-19/h3-11,18,20H,12-17H2,1-2H3,(H,25,28)/t20-/m0/s1. The van der Waals surface area contributed by atoms with Gasteiger partial charge in [-0.25, -0.2) is 8.42 Å². The lowest BCUT2D eigenvalue weighted by molar-refractivity contribution is -0.135. The Labute approximate surface area is 189 Å². The smallest absolute Gasteiger partial charge is 0.260 e. The third-order valence-electron chi connectivity index (χ3n) is 5.31. The van der Waals surface area contributed by atoms with Crippen LogP contribution in [0.15, 0.2) is 54.6 Å². The van der Waals surface area contributed by atoms with E-state index in [1.807, 2.05) is 44.2 Å². The zero-order valence-corrected chi connectivity index (χ0v) is 19.3. The van der Waals surface area contributed by atoms with Crippen LogP contribution in [0.3, 0.4) is 0 Å². The van der Waals surface area contributed by atoms with E-state index < -0.39 is 9.84 Å². The van der Waals surface area contributed by atoms with Crippen molar-refractivity contribution in [2.45, 2.75) is 32.9 Å². The summed E-state index contributed by atoms with van der Waals surface area (Å²) in [6.45, 7) is 4.55. The summed E-state index contributed by atoms with van der Waals surface area (Å²) >= 11 is 0. The number of nitrogens with zero attached hydrogens (tertiary/aromatic N) is 1. The summed E-state index contributed by atoms with van der Waals surface area (Å²) in [5, 5.41) is 2.86. The van der Waals surface area contributed by atoms with Crippen molar-refractivity contribution in [2.75, 3.05) is 24.7 Å². The van der Waals surface area contributed by atoms with Crippen LogP contribution in [-0.4, -0.2) is 55.8 Å². The summed E-state index contributed by atoms with van der Waals surface area (Å²) in [6, 6.07) is 16.0. The fourth-order valence-corrected chi connectivity index (χ4v) is 5.48. The lowest BCUT2D eigenvalue weighted by atomic mass is 10.1. The molecule has 1 N–H and O–H groups in total. The van der Waals surface area contributed by atoms with Gasteiger partial charge in [-0.2, -0.15) is 0 Å². The van der Waals surface area contributed by atoms with Crippen molar-refractivity contribution >= 4 is 21.7 Å². The van der Waals surface area contributed by atoms with E-state index in [-0.39, 0.29) is 41.9 Å². The minimum absolute atomic E-state index is 0.00998. The number of nitrogens with one attached hydrogen (secondary N) is 1. The molecule has 1 aliphatic heterocycles. The lowest BCUT2D eigenvalue weighted by Crippen LogP contribution is -2.45. The number of hydrogen-bond acceptors (Lipinski definition) is 5. The summed E-state index contributed by atoms with van der Waals surface area (Å²) in [6.07, 6.45) is 0.444. The summed E-state index contributed by atoms with van der Waals surface area (Å²) in [5.74, 6) is 0.0285. The molecule has 0 spiro atoms. The molecule has 0 unspecified atom stereocenters. The zero-order valence-electron chi connectivity index (χ0n) is 18.5. The Morgan fingerprint density at radius 2 is 1.78 bits per heavy atom. The van der Waals surface area contributed by atoms with Crippen molar-refractivity contribution in [1.82, 2.24) is 10.2 Å². The van der Waals surface area contributed by atoms with Gasteiger partial charge in [0, 0.05) is 19.1 Å². The van der Waals surface area contributed by atoms with Gasteiger partial charge >= 0.3 is 0 Å². The minimum atomic E-state index is -3.11. The van der Waals surface area contributed by atoms with E-state index in [0.29, 0.717) is 30.8 Å². The maximum atomic E-state index is 12.9. The highest BCUT2D eigenvalue weighted by molar-refractivity contribution is 7.91. The average molecular weight is 459 g/mol. The molecule has 1 saturated heterocycles. The molecule has 8 heteroatoms. The summed E-state index contributed by atoms with van der Waals surface area (Å²) < 4.78 is 29.6. The number of hydrogen-bond donors (Lipinski definition) is 1. The first-order chi connectivity index (χ1) is 15.2. The molecular weight excluding hydrogens is 428 g/mol. The summed E-state index contributed by atoms with van der Waals surface area (Å²) in [4.78, 5) is 27.3.